The van der Waals surface area contributed by atoms with Gasteiger partial charge in [-0.15, -0.1) is 11.3 Å². The zero-order valence-electron chi connectivity index (χ0n) is 9.48. The van der Waals surface area contributed by atoms with E-state index in [1.165, 1.54) is 17.5 Å². The number of halogens is 1. The third kappa shape index (κ3) is 2.62. The second kappa shape index (κ2) is 5.09. The molecule has 94 valence electrons. The van der Waals surface area contributed by atoms with E-state index >= 15 is 0 Å². The van der Waals surface area contributed by atoms with Crippen molar-refractivity contribution in [2.45, 2.75) is 13.5 Å². The summed E-state index contributed by atoms with van der Waals surface area (Å²) in [5.74, 6) is -2.24. The van der Waals surface area contributed by atoms with E-state index in [2.05, 4.69) is 15.3 Å². The normalized spacial score (nSPS) is 10.3. The van der Waals surface area contributed by atoms with Gasteiger partial charge in [-0.25, -0.2) is 19.2 Å². The molecule has 0 aromatic carbocycles. The maximum Gasteiger partial charge on any atom is 0.338 e. The van der Waals surface area contributed by atoms with E-state index in [1.807, 2.05) is 6.92 Å². The molecule has 0 unspecified atom stereocenters. The number of carbonyl (C=O) groups is 1. The third-order valence-electron chi connectivity index (χ3n) is 2.22. The molecule has 18 heavy (non-hydrogen) atoms. The Bertz CT molecular complexity index is 585. The van der Waals surface area contributed by atoms with Crippen molar-refractivity contribution in [1.82, 2.24) is 9.97 Å². The van der Waals surface area contributed by atoms with Crippen LogP contribution >= 0.6 is 11.3 Å². The molecule has 2 aromatic heterocycles. The number of carboxylic acids is 1. The topological polar surface area (TPSA) is 75.1 Å². The van der Waals surface area contributed by atoms with Crippen LogP contribution in [0.3, 0.4) is 0 Å². The SMILES string of the molecule is Cc1ncc(CNc2nccc(C(=O)O)c2F)s1. The molecule has 0 spiro atoms. The number of hydrogen-bond donors (Lipinski definition) is 2. The summed E-state index contributed by atoms with van der Waals surface area (Å²) in [6.45, 7) is 2.23. The molecular weight excluding hydrogens is 257 g/mol. The van der Waals surface area contributed by atoms with Gasteiger partial charge < -0.3 is 10.4 Å². The first-order chi connectivity index (χ1) is 8.58. The van der Waals surface area contributed by atoms with Crippen LogP contribution in [0.15, 0.2) is 18.5 Å². The Morgan fingerprint density at radius 1 is 1.56 bits per heavy atom. The molecule has 2 heterocycles. The zero-order valence-corrected chi connectivity index (χ0v) is 10.3. The van der Waals surface area contributed by atoms with Gasteiger partial charge in [-0.1, -0.05) is 0 Å². The molecule has 2 aromatic rings. The van der Waals surface area contributed by atoms with E-state index in [-0.39, 0.29) is 5.82 Å². The molecule has 0 radical (unpaired) electrons. The standard InChI is InChI=1S/C11H10FN3O2S/c1-6-14-4-7(18-6)5-15-10-9(12)8(11(16)17)2-3-13-10/h2-4H,5H2,1H3,(H,13,15)(H,16,17). The number of aryl methyl sites for hydroxylation is 1. The van der Waals surface area contributed by atoms with Gasteiger partial charge in [0.25, 0.3) is 0 Å². The predicted molar refractivity (Wildman–Crippen MR) is 65.3 cm³/mol. The van der Waals surface area contributed by atoms with Crippen molar-refractivity contribution in [1.29, 1.82) is 0 Å². The number of carboxylic acid groups (broad SMARTS) is 1. The van der Waals surface area contributed by atoms with Gasteiger partial charge >= 0.3 is 5.97 Å². The average Bonchev–Trinajstić information content (AvgIpc) is 2.73. The van der Waals surface area contributed by atoms with Crippen molar-refractivity contribution in [2.75, 3.05) is 5.32 Å². The fourth-order valence-corrected chi connectivity index (χ4v) is 2.12. The second-order valence-corrected chi connectivity index (χ2v) is 4.84. The highest BCUT2D eigenvalue weighted by Gasteiger charge is 2.14. The summed E-state index contributed by atoms with van der Waals surface area (Å²) in [5.41, 5.74) is -0.395. The largest absolute Gasteiger partial charge is 0.478 e. The van der Waals surface area contributed by atoms with Gasteiger partial charge in [-0.3, -0.25) is 0 Å². The number of aromatic nitrogens is 2. The van der Waals surface area contributed by atoms with Crippen molar-refractivity contribution in [2.24, 2.45) is 0 Å². The molecule has 2 rings (SSSR count). The molecule has 0 aliphatic heterocycles. The van der Waals surface area contributed by atoms with Crippen LogP contribution in [0.2, 0.25) is 0 Å². The maximum atomic E-state index is 13.7. The van der Waals surface area contributed by atoms with E-state index in [0.717, 1.165) is 16.0 Å². The summed E-state index contributed by atoms with van der Waals surface area (Å²) in [7, 11) is 0. The van der Waals surface area contributed by atoms with Crippen molar-refractivity contribution in [3.8, 4) is 0 Å². The number of nitrogens with zero attached hydrogens (tertiary/aromatic N) is 2. The van der Waals surface area contributed by atoms with Crippen LogP contribution in [0.4, 0.5) is 10.2 Å². The highest BCUT2D eigenvalue weighted by molar-refractivity contribution is 7.11. The minimum atomic E-state index is -1.31. The molecular formula is C11H10FN3O2S. The van der Waals surface area contributed by atoms with Gasteiger partial charge in [-0.2, -0.15) is 0 Å². The monoisotopic (exact) mass is 267 g/mol. The average molecular weight is 267 g/mol. The lowest BCUT2D eigenvalue weighted by Crippen LogP contribution is -2.07. The van der Waals surface area contributed by atoms with Crippen LogP contribution in [-0.2, 0) is 6.54 Å². The van der Waals surface area contributed by atoms with Gasteiger partial charge in [0.2, 0.25) is 0 Å². The number of rotatable bonds is 4. The molecule has 7 heteroatoms. The Balaban J connectivity index is 2.14. The Hall–Kier alpha value is -2.02. The molecule has 0 saturated heterocycles. The molecule has 0 amide bonds. The lowest BCUT2D eigenvalue weighted by atomic mass is 10.2. The van der Waals surface area contributed by atoms with Gasteiger partial charge in [0.1, 0.15) is 5.56 Å². The van der Waals surface area contributed by atoms with Crippen molar-refractivity contribution in [3.63, 3.8) is 0 Å². The van der Waals surface area contributed by atoms with Crippen LogP contribution in [-0.4, -0.2) is 21.0 Å². The van der Waals surface area contributed by atoms with Crippen molar-refractivity contribution >= 4 is 23.1 Å². The van der Waals surface area contributed by atoms with Crippen molar-refractivity contribution < 1.29 is 14.3 Å². The number of pyridine rings is 1. The molecule has 2 N–H and O–H groups in total. The molecule has 5 nitrogen and oxygen atoms in total. The van der Waals surface area contributed by atoms with Gasteiger partial charge in [-0.05, 0) is 13.0 Å². The summed E-state index contributed by atoms with van der Waals surface area (Å²) in [6.07, 6.45) is 2.94. The molecule has 0 bridgehead atoms. The van der Waals surface area contributed by atoms with Crippen LogP contribution < -0.4 is 5.32 Å². The number of nitrogens with one attached hydrogen (secondary N) is 1. The van der Waals surface area contributed by atoms with Gasteiger partial charge in [0, 0.05) is 17.3 Å². The fourth-order valence-electron chi connectivity index (χ4n) is 1.39. The summed E-state index contributed by atoms with van der Waals surface area (Å²) in [4.78, 5) is 19.5. The molecule has 0 fully saturated rings. The molecule has 0 atom stereocenters. The summed E-state index contributed by atoms with van der Waals surface area (Å²) in [5, 5.41) is 12.5. The lowest BCUT2D eigenvalue weighted by molar-refractivity contribution is 0.0692. The smallest absolute Gasteiger partial charge is 0.338 e. The molecule has 0 aliphatic carbocycles. The number of anilines is 1. The predicted octanol–water partition coefficient (Wildman–Crippen LogP) is 2.30. The zero-order chi connectivity index (χ0) is 13.1. The quantitative estimate of drug-likeness (QED) is 0.889. The second-order valence-electron chi connectivity index (χ2n) is 3.53. The van der Waals surface area contributed by atoms with Gasteiger partial charge in [0.05, 0.1) is 11.6 Å². The highest BCUT2D eigenvalue weighted by Crippen LogP contribution is 2.17. The number of aromatic carboxylic acids is 1. The van der Waals surface area contributed by atoms with Crippen LogP contribution in [0.25, 0.3) is 0 Å². The minimum absolute atomic E-state index is 0.0686. The Morgan fingerprint density at radius 2 is 2.33 bits per heavy atom. The number of thiazole rings is 1. The Kier molecular flexibility index (Phi) is 3.52. The van der Waals surface area contributed by atoms with E-state index in [9.17, 15) is 9.18 Å². The first-order valence-corrected chi connectivity index (χ1v) is 5.92. The lowest BCUT2D eigenvalue weighted by Gasteiger charge is -2.06. The summed E-state index contributed by atoms with van der Waals surface area (Å²) in [6, 6.07) is 1.12. The van der Waals surface area contributed by atoms with Crippen LogP contribution in [0.1, 0.15) is 20.2 Å². The number of hydrogen-bond acceptors (Lipinski definition) is 5. The maximum absolute atomic E-state index is 13.7. The molecule has 0 saturated carbocycles. The van der Waals surface area contributed by atoms with E-state index < -0.39 is 17.3 Å². The summed E-state index contributed by atoms with van der Waals surface area (Å²) >= 11 is 1.48. The third-order valence-corrected chi connectivity index (χ3v) is 3.13. The first-order valence-electron chi connectivity index (χ1n) is 5.11. The van der Waals surface area contributed by atoms with E-state index in [0.29, 0.717) is 6.54 Å². The van der Waals surface area contributed by atoms with Crippen molar-refractivity contribution in [3.05, 3.63) is 39.7 Å². The Morgan fingerprint density at radius 3 is 2.94 bits per heavy atom. The summed E-state index contributed by atoms with van der Waals surface area (Å²) < 4.78 is 13.7. The highest BCUT2D eigenvalue weighted by atomic mass is 32.1. The van der Waals surface area contributed by atoms with Crippen LogP contribution in [0, 0.1) is 12.7 Å². The fraction of sp³-hybridized carbons (Fsp3) is 0.182. The molecule has 0 aliphatic rings. The first kappa shape index (κ1) is 12.4. The van der Waals surface area contributed by atoms with Crippen LogP contribution in [0.5, 0.6) is 0 Å². The minimum Gasteiger partial charge on any atom is -0.478 e. The van der Waals surface area contributed by atoms with E-state index in [1.54, 1.807) is 6.20 Å². The van der Waals surface area contributed by atoms with E-state index in [4.69, 9.17) is 5.11 Å². The Labute approximate surface area is 106 Å². The van der Waals surface area contributed by atoms with Gasteiger partial charge in [0.15, 0.2) is 11.6 Å².